The second-order valence-electron chi connectivity index (χ2n) is 5.59. The van der Waals surface area contributed by atoms with Crippen LogP contribution in [-0.2, 0) is 13.0 Å². The zero-order chi connectivity index (χ0) is 12.8. The van der Waals surface area contributed by atoms with E-state index in [9.17, 15) is 5.11 Å². The van der Waals surface area contributed by atoms with Crippen LogP contribution in [0.2, 0.25) is 0 Å². The van der Waals surface area contributed by atoms with Crippen LogP contribution in [0.1, 0.15) is 34.6 Å². The highest BCUT2D eigenvalue weighted by Gasteiger charge is 2.34. The Balaban J connectivity index is 1.92. The van der Waals surface area contributed by atoms with Crippen LogP contribution in [-0.4, -0.2) is 11.1 Å². The summed E-state index contributed by atoms with van der Waals surface area (Å²) >= 11 is 0. The first kappa shape index (κ1) is 11.1. The normalized spacial score (nSPS) is 24.2. The molecule has 1 aliphatic heterocycles. The lowest BCUT2D eigenvalue weighted by Crippen LogP contribution is -2.42. The van der Waals surface area contributed by atoms with Gasteiger partial charge in [-0.1, -0.05) is 30.3 Å². The van der Waals surface area contributed by atoms with Crippen LogP contribution in [0.15, 0.2) is 42.5 Å². The summed E-state index contributed by atoms with van der Waals surface area (Å²) in [6.07, 6.45) is 2.28. The molecule has 0 bridgehead atoms. The van der Waals surface area contributed by atoms with Crippen LogP contribution in [0.25, 0.3) is 0 Å². The molecule has 0 aromatic heterocycles. The van der Waals surface area contributed by atoms with Gasteiger partial charge in [0, 0.05) is 18.5 Å². The number of benzene rings is 2. The van der Waals surface area contributed by atoms with Crippen LogP contribution < -0.4 is 5.32 Å². The van der Waals surface area contributed by atoms with Crippen LogP contribution in [0, 0.1) is 0 Å². The van der Waals surface area contributed by atoms with Gasteiger partial charge in [0.1, 0.15) is 5.75 Å². The van der Waals surface area contributed by atoms with Gasteiger partial charge in [0.25, 0.3) is 0 Å². The number of aromatic hydroxyl groups is 1. The van der Waals surface area contributed by atoms with Crippen molar-refractivity contribution in [2.45, 2.75) is 31.3 Å². The van der Waals surface area contributed by atoms with Crippen molar-refractivity contribution in [1.29, 1.82) is 0 Å². The van der Waals surface area contributed by atoms with Gasteiger partial charge in [0.05, 0.1) is 0 Å². The maximum absolute atomic E-state index is 9.81. The number of fused-ring (bicyclic) bond motifs is 5. The second kappa shape index (κ2) is 4.10. The van der Waals surface area contributed by atoms with Crippen molar-refractivity contribution in [2.24, 2.45) is 0 Å². The number of rotatable bonds is 0. The molecule has 1 aliphatic carbocycles. The second-order valence-corrected chi connectivity index (χ2v) is 5.59. The van der Waals surface area contributed by atoms with E-state index in [0.717, 1.165) is 13.0 Å². The van der Waals surface area contributed by atoms with Gasteiger partial charge in [-0.25, -0.2) is 0 Å². The predicted octanol–water partition coefficient (Wildman–Crippen LogP) is 2.94. The van der Waals surface area contributed by atoms with Crippen LogP contribution in [0.4, 0.5) is 0 Å². The number of phenols is 1. The zero-order valence-electron chi connectivity index (χ0n) is 10.8. The molecule has 2 aliphatic rings. The Labute approximate surface area is 113 Å². The Hall–Kier alpha value is -1.80. The summed E-state index contributed by atoms with van der Waals surface area (Å²) in [5.41, 5.74) is 5.51. The first-order chi connectivity index (χ1) is 9.33. The van der Waals surface area contributed by atoms with E-state index < -0.39 is 0 Å². The quantitative estimate of drug-likeness (QED) is 0.754. The molecule has 0 spiro atoms. The van der Waals surface area contributed by atoms with Gasteiger partial charge < -0.3 is 10.4 Å². The summed E-state index contributed by atoms with van der Waals surface area (Å²) in [6, 6.07) is 15.0. The fourth-order valence-corrected chi connectivity index (χ4v) is 3.64. The molecule has 2 aromatic carbocycles. The number of hydrogen-bond acceptors (Lipinski definition) is 2. The minimum atomic E-state index is 0.377. The summed E-state index contributed by atoms with van der Waals surface area (Å²) in [4.78, 5) is 0. The molecule has 0 unspecified atom stereocenters. The lowest BCUT2D eigenvalue weighted by molar-refractivity contribution is 0.391. The third-order valence-corrected chi connectivity index (χ3v) is 4.54. The van der Waals surface area contributed by atoms with E-state index in [2.05, 4.69) is 35.6 Å². The van der Waals surface area contributed by atoms with Crippen molar-refractivity contribution < 1.29 is 5.11 Å². The van der Waals surface area contributed by atoms with E-state index >= 15 is 0 Å². The zero-order valence-corrected chi connectivity index (χ0v) is 10.8. The molecule has 0 amide bonds. The average molecular weight is 251 g/mol. The van der Waals surface area contributed by atoms with Gasteiger partial charge >= 0.3 is 0 Å². The monoisotopic (exact) mass is 251 g/mol. The molecule has 96 valence electrons. The third-order valence-electron chi connectivity index (χ3n) is 4.54. The molecule has 19 heavy (non-hydrogen) atoms. The molecule has 0 saturated heterocycles. The molecule has 2 N–H and O–H groups in total. The summed E-state index contributed by atoms with van der Waals surface area (Å²) in [5, 5.41) is 13.5. The Morgan fingerprint density at radius 1 is 1.00 bits per heavy atom. The molecule has 0 radical (unpaired) electrons. The lowest BCUT2D eigenvalue weighted by Gasteiger charge is -2.39. The fourth-order valence-electron chi connectivity index (χ4n) is 3.64. The van der Waals surface area contributed by atoms with E-state index in [-0.39, 0.29) is 0 Å². The van der Waals surface area contributed by atoms with Gasteiger partial charge in [0.2, 0.25) is 0 Å². The summed E-state index contributed by atoms with van der Waals surface area (Å²) in [6.45, 7) is 0.964. The molecule has 4 rings (SSSR count). The molecule has 2 aromatic rings. The standard InChI is InChI=1S/C17H17NO/c19-13-7-5-11-6-8-16-17(15(11)9-13)14-4-2-1-3-12(14)10-18-16/h1-5,7,9,16-19H,6,8,10H2/t16-,17-/m1/s1. The molecular formula is C17H17NO. The average Bonchev–Trinajstić information content (AvgIpc) is 2.46. The van der Waals surface area contributed by atoms with Crippen LogP contribution in [0.5, 0.6) is 5.75 Å². The lowest BCUT2D eigenvalue weighted by atomic mass is 9.72. The van der Waals surface area contributed by atoms with E-state index in [1.165, 1.54) is 28.7 Å². The van der Waals surface area contributed by atoms with Gasteiger partial charge in [-0.3, -0.25) is 0 Å². The summed E-state index contributed by atoms with van der Waals surface area (Å²) in [5.74, 6) is 0.767. The van der Waals surface area contributed by atoms with E-state index in [4.69, 9.17) is 0 Å². The largest absolute Gasteiger partial charge is 0.508 e. The highest BCUT2D eigenvalue weighted by molar-refractivity contribution is 5.48. The Morgan fingerprint density at radius 3 is 2.84 bits per heavy atom. The van der Waals surface area contributed by atoms with Gasteiger partial charge in [-0.2, -0.15) is 0 Å². The smallest absolute Gasteiger partial charge is 0.115 e. The molecule has 2 atom stereocenters. The van der Waals surface area contributed by atoms with E-state index in [0.29, 0.717) is 17.7 Å². The molecule has 1 heterocycles. The maximum Gasteiger partial charge on any atom is 0.115 e. The molecule has 0 fully saturated rings. The van der Waals surface area contributed by atoms with Gasteiger partial charge in [0.15, 0.2) is 0 Å². The van der Waals surface area contributed by atoms with Gasteiger partial charge in [-0.15, -0.1) is 0 Å². The van der Waals surface area contributed by atoms with E-state index in [1.807, 2.05) is 6.07 Å². The van der Waals surface area contributed by atoms with Crippen molar-refractivity contribution in [3.8, 4) is 5.75 Å². The first-order valence-electron chi connectivity index (χ1n) is 6.96. The number of aryl methyl sites for hydroxylation is 1. The summed E-state index contributed by atoms with van der Waals surface area (Å²) < 4.78 is 0. The van der Waals surface area contributed by atoms with Crippen LogP contribution >= 0.6 is 0 Å². The fraction of sp³-hybridized carbons (Fsp3) is 0.294. The molecule has 2 heteroatoms. The molecular weight excluding hydrogens is 234 g/mol. The predicted molar refractivity (Wildman–Crippen MR) is 75.3 cm³/mol. The number of hydrogen-bond donors (Lipinski definition) is 2. The van der Waals surface area contributed by atoms with Crippen molar-refractivity contribution in [2.75, 3.05) is 0 Å². The van der Waals surface area contributed by atoms with Crippen LogP contribution in [0.3, 0.4) is 0 Å². The van der Waals surface area contributed by atoms with Gasteiger partial charge in [-0.05, 0) is 47.2 Å². The Kier molecular flexibility index (Phi) is 2.39. The first-order valence-corrected chi connectivity index (χ1v) is 6.96. The third kappa shape index (κ3) is 1.67. The number of nitrogens with one attached hydrogen (secondary N) is 1. The number of phenolic OH excluding ortho intramolecular Hbond substituents is 1. The van der Waals surface area contributed by atoms with E-state index in [1.54, 1.807) is 6.07 Å². The Bertz CT molecular complexity index is 635. The molecule has 0 saturated carbocycles. The molecule has 2 nitrogen and oxygen atoms in total. The minimum absolute atomic E-state index is 0.377. The highest BCUT2D eigenvalue weighted by atomic mass is 16.3. The maximum atomic E-state index is 9.81. The van der Waals surface area contributed by atoms with Crippen molar-refractivity contribution in [3.63, 3.8) is 0 Å². The van der Waals surface area contributed by atoms with Crippen molar-refractivity contribution in [1.82, 2.24) is 5.32 Å². The topological polar surface area (TPSA) is 32.3 Å². The van der Waals surface area contributed by atoms with Crippen molar-refractivity contribution in [3.05, 3.63) is 64.7 Å². The SMILES string of the molecule is Oc1ccc2c(c1)[C@H]1c3ccccc3CN[C@@H]1CC2. The Morgan fingerprint density at radius 2 is 1.89 bits per heavy atom. The van der Waals surface area contributed by atoms with Crippen molar-refractivity contribution >= 4 is 0 Å². The highest BCUT2D eigenvalue weighted by Crippen LogP contribution is 2.41. The minimum Gasteiger partial charge on any atom is -0.508 e. The summed E-state index contributed by atoms with van der Waals surface area (Å²) in [7, 11) is 0.